The Balaban J connectivity index is 1.55. The molecule has 0 spiro atoms. The number of rotatable bonds is 6. The Bertz CT molecular complexity index is 369. The van der Waals surface area contributed by atoms with Crippen molar-refractivity contribution in [2.75, 3.05) is 26.2 Å². The SMILES string of the molecule is CC(C)C#CC1CC(OC2CCN(CCOC(C)C)CC2)C1. The van der Waals surface area contributed by atoms with Crippen LogP contribution in [0.2, 0.25) is 0 Å². The molecular weight excluding hydrogens is 274 g/mol. The first-order valence-electron chi connectivity index (χ1n) is 9.03. The minimum absolute atomic E-state index is 0.339. The Morgan fingerprint density at radius 1 is 1.05 bits per heavy atom. The molecule has 1 saturated heterocycles. The number of piperidine rings is 1. The van der Waals surface area contributed by atoms with E-state index in [1.807, 2.05) is 0 Å². The molecule has 0 radical (unpaired) electrons. The number of hydrogen-bond donors (Lipinski definition) is 0. The van der Waals surface area contributed by atoms with Crippen molar-refractivity contribution in [2.24, 2.45) is 11.8 Å². The zero-order valence-electron chi connectivity index (χ0n) is 14.8. The van der Waals surface area contributed by atoms with Crippen molar-refractivity contribution in [3.8, 4) is 11.8 Å². The lowest BCUT2D eigenvalue weighted by atomic mass is 9.82. The van der Waals surface area contributed by atoms with Crippen LogP contribution in [0.5, 0.6) is 0 Å². The van der Waals surface area contributed by atoms with E-state index >= 15 is 0 Å². The molecule has 126 valence electrons. The van der Waals surface area contributed by atoms with Gasteiger partial charge in [0, 0.05) is 31.5 Å². The fourth-order valence-electron chi connectivity index (χ4n) is 3.04. The van der Waals surface area contributed by atoms with Gasteiger partial charge in [-0.15, -0.1) is 5.92 Å². The molecule has 0 N–H and O–H groups in total. The van der Waals surface area contributed by atoms with Gasteiger partial charge >= 0.3 is 0 Å². The molecule has 1 heterocycles. The Labute approximate surface area is 136 Å². The zero-order valence-corrected chi connectivity index (χ0v) is 14.8. The predicted octanol–water partition coefficient (Wildman–Crippen LogP) is 3.33. The average Bonchev–Trinajstić information content (AvgIpc) is 2.42. The maximum absolute atomic E-state index is 6.23. The van der Waals surface area contributed by atoms with E-state index in [0.29, 0.717) is 30.1 Å². The first kappa shape index (κ1) is 17.8. The molecule has 3 nitrogen and oxygen atoms in total. The lowest BCUT2D eigenvalue weighted by Crippen LogP contribution is -2.42. The fourth-order valence-corrected chi connectivity index (χ4v) is 3.04. The van der Waals surface area contributed by atoms with Gasteiger partial charge in [0.05, 0.1) is 24.9 Å². The highest BCUT2D eigenvalue weighted by atomic mass is 16.5. The van der Waals surface area contributed by atoms with Crippen molar-refractivity contribution in [1.29, 1.82) is 0 Å². The molecule has 2 aliphatic rings. The van der Waals surface area contributed by atoms with Crippen molar-refractivity contribution in [2.45, 2.75) is 71.7 Å². The van der Waals surface area contributed by atoms with Gasteiger partial charge in [-0.25, -0.2) is 0 Å². The minimum Gasteiger partial charge on any atom is -0.377 e. The Hall–Kier alpha value is -0.560. The van der Waals surface area contributed by atoms with Gasteiger partial charge in [0.1, 0.15) is 0 Å². The van der Waals surface area contributed by atoms with E-state index in [1.54, 1.807) is 0 Å². The second-order valence-corrected chi connectivity index (χ2v) is 7.33. The van der Waals surface area contributed by atoms with Crippen LogP contribution in [0.25, 0.3) is 0 Å². The van der Waals surface area contributed by atoms with Crippen LogP contribution in [0.4, 0.5) is 0 Å². The van der Waals surface area contributed by atoms with Crippen LogP contribution in [0.15, 0.2) is 0 Å². The summed E-state index contributed by atoms with van der Waals surface area (Å²) >= 11 is 0. The molecule has 0 aromatic heterocycles. The quantitative estimate of drug-likeness (QED) is 0.703. The highest BCUT2D eigenvalue weighted by Crippen LogP contribution is 2.32. The van der Waals surface area contributed by atoms with Crippen LogP contribution in [0.3, 0.4) is 0 Å². The van der Waals surface area contributed by atoms with E-state index in [2.05, 4.69) is 44.4 Å². The first-order valence-corrected chi connectivity index (χ1v) is 9.03. The molecule has 3 heteroatoms. The summed E-state index contributed by atoms with van der Waals surface area (Å²) in [6, 6.07) is 0. The summed E-state index contributed by atoms with van der Waals surface area (Å²) in [4.78, 5) is 2.50. The summed E-state index contributed by atoms with van der Waals surface area (Å²) in [5.41, 5.74) is 0. The smallest absolute Gasteiger partial charge is 0.0603 e. The molecule has 2 rings (SSSR count). The third-order valence-corrected chi connectivity index (χ3v) is 4.45. The van der Waals surface area contributed by atoms with Crippen molar-refractivity contribution in [1.82, 2.24) is 4.90 Å². The van der Waals surface area contributed by atoms with Gasteiger partial charge in [-0.05, 0) is 39.5 Å². The highest BCUT2D eigenvalue weighted by Gasteiger charge is 2.31. The van der Waals surface area contributed by atoms with Gasteiger partial charge in [-0.3, -0.25) is 0 Å². The summed E-state index contributed by atoms with van der Waals surface area (Å²) in [5.74, 6) is 7.73. The lowest BCUT2D eigenvalue weighted by Gasteiger charge is -2.38. The minimum atomic E-state index is 0.339. The maximum atomic E-state index is 6.23. The molecule has 1 aliphatic heterocycles. The van der Waals surface area contributed by atoms with E-state index in [1.165, 1.54) is 12.8 Å². The molecule has 2 fully saturated rings. The third-order valence-electron chi connectivity index (χ3n) is 4.45. The van der Waals surface area contributed by atoms with Gasteiger partial charge in [-0.1, -0.05) is 19.8 Å². The average molecular weight is 307 g/mol. The monoisotopic (exact) mass is 307 g/mol. The van der Waals surface area contributed by atoms with Crippen LogP contribution in [-0.4, -0.2) is 49.5 Å². The van der Waals surface area contributed by atoms with Gasteiger partial charge < -0.3 is 14.4 Å². The first-order chi connectivity index (χ1) is 10.5. The predicted molar refractivity (Wildman–Crippen MR) is 90.8 cm³/mol. The van der Waals surface area contributed by atoms with E-state index < -0.39 is 0 Å². The topological polar surface area (TPSA) is 21.7 Å². The van der Waals surface area contributed by atoms with Crippen molar-refractivity contribution >= 4 is 0 Å². The lowest BCUT2D eigenvalue weighted by molar-refractivity contribution is -0.0862. The maximum Gasteiger partial charge on any atom is 0.0603 e. The fraction of sp³-hybridized carbons (Fsp3) is 0.895. The third kappa shape index (κ3) is 6.28. The summed E-state index contributed by atoms with van der Waals surface area (Å²) in [6.07, 6.45) is 5.88. The molecule has 22 heavy (non-hydrogen) atoms. The van der Waals surface area contributed by atoms with Crippen LogP contribution in [-0.2, 0) is 9.47 Å². The molecule has 0 aromatic rings. The summed E-state index contributed by atoms with van der Waals surface area (Å²) in [7, 11) is 0. The number of hydrogen-bond acceptors (Lipinski definition) is 3. The molecular formula is C19H33NO2. The Morgan fingerprint density at radius 3 is 2.32 bits per heavy atom. The molecule has 0 aromatic carbocycles. The van der Waals surface area contributed by atoms with E-state index in [0.717, 1.165) is 39.1 Å². The van der Waals surface area contributed by atoms with E-state index in [4.69, 9.17) is 9.47 Å². The Morgan fingerprint density at radius 2 is 1.73 bits per heavy atom. The van der Waals surface area contributed by atoms with Crippen LogP contribution < -0.4 is 0 Å². The van der Waals surface area contributed by atoms with Crippen LogP contribution >= 0.6 is 0 Å². The van der Waals surface area contributed by atoms with Crippen molar-refractivity contribution in [3.63, 3.8) is 0 Å². The number of nitrogens with zero attached hydrogens (tertiary/aromatic N) is 1. The standard InChI is InChI=1S/C19H33NO2/c1-15(2)5-6-17-13-19(14-17)22-18-7-9-20(10-8-18)11-12-21-16(3)4/h15-19H,7-14H2,1-4H3. The van der Waals surface area contributed by atoms with E-state index in [9.17, 15) is 0 Å². The van der Waals surface area contributed by atoms with Crippen LogP contribution in [0.1, 0.15) is 53.4 Å². The second-order valence-electron chi connectivity index (χ2n) is 7.33. The molecule has 0 amide bonds. The molecule has 0 bridgehead atoms. The molecule has 1 saturated carbocycles. The van der Waals surface area contributed by atoms with Crippen LogP contribution in [0, 0.1) is 23.7 Å². The number of likely N-dealkylation sites (tertiary alicyclic amines) is 1. The molecule has 1 aliphatic carbocycles. The summed E-state index contributed by atoms with van der Waals surface area (Å²) in [6.45, 7) is 12.7. The normalized spacial score (nSPS) is 26.8. The van der Waals surface area contributed by atoms with Gasteiger partial charge in [0.25, 0.3) is 0 Å². The van der Waals surface area contributed by atoms with Gasteiger partial charge in [0.15, 0.2) is 0 Å². The summed E-state index contributed by atoms with van der Waals surface area (Å²) in [5, 5.41) is 0. The van der Waals surface area contributed by atoms with Crippen molar-refractivity contribution < 1.29 is 9.47 Å². The van der Waals surface area contributed by atoms with Gasteiger partial charge in [0.2, 0.25) is 0 Å². The molecule has 0 atom stereocenters. The number of ether oxygens (including phenoxy) is 2. The highest BCUT2D eigenvalue weighted by molar-refractivity contribution is 5.10. The second kappa shape index (κ2) is 8.91. The largest absolute Gasteiger partial charge is 0.377 e. The van der Waals surface area contributed by atoms with Gasteiger partial charge in [-0.2, -0.15) is 0 Å². The zero-order chi connectivity index (χ0) is 15.9. The van der Waals surface area contributed by atoms with E-state index in [-0.39, 0.29) is 0 Å². The van der Waals surface area contributed by atoms with Crippen molar-refractivity contribution in [3.05, 3.63) is 0 Å². The Kier molecular flexibility index (Phi) is 7.21. The summed E-state index contributed by atoms with van der Waals surface area (Å²) < 4.78 is 11.9. The molecule has 0 unspecified atom stereocenters.